The van der Waals surface area contributed by atoms with Crippen LogP contribution in [0.4, 0.5) is 5.95 Å². The van der Waals surface area contributed by atoms with E-state index in [-0.39, 0.29) is 11.7 Å². The van der Waals surface area contributed by atoms with Gasteiger partial charge in [0.15, 0.2) is 0 Å². The predicted octanol–water partition coefficient (Wildman–Crippen LogP) is 3.33. The maximum atomic E-state index is 11.4. The Labute approximate surface area is 128 Å². The molecule has 22 heavy (non-hydrogen) atoms. The summed E-state index contributed by atoms with van der Waals surface area (Å²) in [5.41, 5.74) is 2.16. The van der Waals surface area contributed by atoms with Crippen LogP contribution in [0.3, 0.4) is 0 Å². The molecule has 2 aliphatic rings. The molecule has 1 aliphatic carbocycles. The monoisotopic (exact) mass is 295 g/mol. The van der Waals surface area contributed by atoms with Crippen molar-refractivity contribution in [1.82, 2.24) is 9.55 Å². The molecule has 2 N–H and O–H groups in total. The van der Waals surface area contributed by atoms with Gasteiger partial charge in [0.1, 0.15) is 5.70 Å². The van der Waals surface area contributed by atoms with Gasteiger partial charge in [0.05, 0.1) is 17.1 Å². The molecule has 2 atom stereocenters. The minimum Gasteiger partial charge on any atom is -0.477 e. The van der Waals surface area contributed by atoms with E-state index in [9.17, 15) is 9.90 Å². The van der Waals surface area contributed by atoms with Gasteiger partial charge in [0.25, 0.3) is 0 Å². The van der Waals surface area contributed by atoms with Crippen molar-refractivity contribution in [2.24, 2.45) is 5.92 Å². The predicted molar refractivity (Wildman–Crippen MR) is 84.6 cm³/mol. The van der Waals surface area contributed by atoms with Gasteiger partial charge >= 0.3 is 5.97 Å². The van der Waals surface area contributed by atoms with Gasteiger partial charge in [0, 0.05) is 0 Å². The summed E-state index contributed by atoms with van der Waals surface area (Å²) in [6.45, 7) is 0. The number of allylic oxidation sites excluding steroid dienone is 3. The maximum Gasteiger partial charge on any atom is 0.352 e. The summed E-state index contributed by atoms with van der Waals surface area (Å²) in [4.78, 5) is 16.0. The van der Waals surface area contributed by atoms with Crippen molar-refractivity contribution in [3.8, 4) is 0 Å². The second-order valence-corrected chi connectivity index (χ2v) is 5.84. The Bertz CT molecular complexity index is 803. The molecule has 5 nitrogen and oxygen atoms in total. The highest BCUT2D eigenvalue weighted by Gasteiger charge is 2.31. The molecule has 0 amide bonds. The standard InChI is InChI=1S/C17H17N3O2/c21-16(22)13-10-15(11-6-2-1-3-7-11)20-14-9-5-4-8-12(14)18-17(20)19-13/h1-2,4-5,8-11,15H,3,6-7H2,(H,18,19)(H,21,22)/t11-,15+/m1/s1. The van der Waals surface area contributed by atoms with Crippen LogP contribution in [0.15, 0.2) is 48.2 Å². The second kappa shape index (κ2) is 5.02. The molecule has 0 bridgehead atoms. The first kappa shape index (κ1) is 13.1. The molecule has 1 aromatic heterocycles. The molecule has 4 rings (SSSR count). The molecule has 1 aromatic carbocycles. The molecule has 112 valence electrons. The van der Waals surface area contributed by atoms with Crippen LogP contribution in [-0.4, -0.2) is 20.6 Å². The average molecular weight is 295 g/mol. The summed E-state index contributed by atoms with van der Waals surface area (Å²) < 4.78 is 2.14. The average Bonchev–Trinajstić information content (AvgIpc) is 2.93. The van der Waals surface area contributed by atoms with Gasteiger partial charge in [0.2, 0.25) is 5.95 Å². The first-order chi connectivity index (χ1) is 10.7. The Kier molecular flexibility index (Phi) is 2.99. The number of imidazole rings is 1. The van der Waals surface area contributed by atoms with Crippen molar-refractivity contribution < 1.29 is 9.90 Å². The smallest absolute Gasteiger partial charge is 0.352 e. The number of carboxylic acid groups (broad SMARTS) is 1. The fraction of sp³-hybridized carbons (Fsp3) is 0.294. The maximum absolute atomic E-state index is 11.4. The molecule has 1 aliphatic heterocycles. The minimum absolute atomic E-state index is 0.0275. The van der Waals surface area contributed by atoms with Crippen LogP contribution in [0, 0.1) is 5.92 Å². The van der Waals surface area contributed by atoms with Crippen molar-refractivity contribution in [3.05, 3.63) is 48.2 Å². The Morgan fingerprint density at radius 2 is 2.18 bits per heavy atom. The zero-order valence-electron chi connectivity index (χ0n) is 12.1. The topological polar surface area (TPSA) is 67.1 Å². The summed E-state index contributed by atoms with van der Waals surface area (Å²) in [6.07, 6.45) is 9.33. The molecular weight excluding hydrogens is 278 g/mol. The highest BCUT2D eigenvalue weighted by atomic mass is 16.4. The highest BCUT2D eigenvalue weighted by molar-refractivity contribution is 5.91. The van der Waals surface area contributed by atoms with Crippen LogP contribution in [0.25, 0.3) is 11.0 Å². The van der Waals surface area contributed by atoms with Gasteiger partial charge in [-0.25, -0.2) is 9.78 Å². The van der Waals surface area contributed by atoms with Crippen LogP contribution in [0.2, 0.25) is 0 Å². The van der Waals surface area contributed by atoms with E-state index < -0.39 is 5.97 Å². The third-order valence-corrected chi connectivity index (χ3v) is 4.50. The number of aromatic nitrogens is 2. The van der Waals surface area contributed by atoms with Gasteiger partial charge in [-0.05, 0) is 43.4 Å². The largest absolute Gasteiger partial charge is 0.477 e. The lowest BCUT2D eigenvalue weighted by atomic mass is 9.86. The van der Waals surface area contributed by atoms with Gasteiger partial charge in [-0.3, -0.25) is 0 Å². The number of rotatable bonds is 2. The number of anilines is 1. The van der Waals surface area contributed by atoms with E-state index in [4.69, 9.17) is 0 Å². The van der Waals surface area contributed by atoms with Crippen LogP contribution in [0.5, 0.6) is 0 Å². The molecule has 0 saturated heterocycles. The van der Waals surface area contributed by atoms with E-state index in [1.54, 1.807) is 0 Å². The first-order valence-electron chi connectivity index (χ1n) is 7.58. The van der Waals surface area contributed by atoms with E-state index in [1.165, 1.54) is 0 Å². The molecular formula is C17H17N3O2. The van der Waals surface area contributed by atoms with Gasteiger partial charge < -0.3 is 15.0 Å². The Balaban J connectivity index is 1.87. The molecule has 0 radical (unpaired) electrons. The Morgan fingerprint density at radius 3 is 2.95 bits per heavy atom. The van der Waals surface area contributed by atoms with Gasteiger partial charge in [-0.2, -0.15) is 0 Å². The quantitative estimate of drug-likeness (QED) is 0.834. The summed E-state index contributed by atoms with van der Waals surface area (Å²) in [5.74, 6) is 0.0908. The SMILES string of the molecule is O=C(O)C1=C[C@@H]([C@@H]2CC=CCC2)n2c(nc3ccccc32)N1. The van der Waals surface area contributed by atoms with Crippen molar-refractivity contribution in [2.45, 2.75) is 25.3 Å². The number of nitrogens with zero attached hydrogens (tertiary/aromatic N) is 2. The number of carboxylic acids is 1. The van der Waals surface area contributed by atoms with Crippen molar-refractivity contribution >= 4 is 23.0 Å². The van der Waals surface area contributed by atoms with E-state index in [0.717, 1.165) is 30.3 Å². The third kappa shape index (κ3) is 2.01. The molecule has 0 spiro atoms. The molecule has 0 unspecified atom stereocenters. The summed E-state index contributed by atoms with van der Waals surface area (Å²) >= 11 is 0. The number of fused-ring (bicyclic) bond motifs is 3. The van der Waals surface area contributed by atoms with E-state index in [2.05, 4.69) is 27.0 Å². The number of hydrogen-bond donors (Lipinski definition) is 2. The third-order valence-electron chi connectivity index (χ3n) is 4.50. The first-order valence-corrected chi connectivity index (χ1v) is 7.58. The van der Waals surface area contributed by atoms with Gasteiger partial charge in [-0.15, -0.1) is 0 Å². The fourth-order valence-electron chi connectivity index (χ4n) is 3.44. The zero-order chi connectivity index (χ0) is 15.1. The zero-order valence-corrected chi connectivity index (χ0v) is 12.1. The summed E-state index contributed by atoms with van der Waals surface area (Å²) in [6, 6.07) is 7.97. The lowest BCUT2D eigenvalue weighted by molar-refractivity contribution is -0.132. The Morgan fingerprint density at radius 1 is 1.32 bits per heavy atom. The van der Waals surface area contributed by atoms with Crippen molar-refractivity contribution in [3.63, 3.8) is 0 Å². The summed E-state index contributed by atoms with van der Waals surface area (Å²) in [5, 5.41) is 12.3. The second-order valence-electron chi connectivity index (χ2n) is 5.84. The van der Waals surface area contributed by atoms with E-state index in [1.807, 2.05) is 30.3 Å². The number of hydrogen-bond acceptors (Lipinski definition) is 3. The number of carbonyl (C=O) groups is 1. The Hall–Kier alpha value is -2.56. The molecule has 2 aromatic rings. The number of aliphatic carboxylic acids is 1. The summed E-state index contributed by atoms with van der Waals surface area (Å²) in [7, 11) is 0. The van der Waals surface area contributed by atoms with Gasteiger partial charge in [-0.1, -0.05) is 24.3 Å². The number of benzene rings is 1. The minimum atomic E-state index is -0.936. The highest BCUT2D eigenvalue weighted by Crippen LogP contribution is 2.38. The molecule has 0 fully saturated rings. The van der Waals surface area contributed by atoms with E-state index >= 15 is 0 Å². The molecule has 2 heterocycles. The lowest BCUT2D eigenvalue weighted by Gasteiger charge is -2.31. The van der Waals surface area contributed by atoms with Crippen molar-refractivity contribution in [2.75, 3.05) is 5.32 Å². The van der Waals surface area contributed by atoms with Crippen molar-refractivity contribution in [1.29, 1.82) is 0 Å². The number of nitrogens with one attached hydrogen (secondary N) is 1. The van der Waals surface area contributed by atoms with Crippen LogP contribution >= 0.6 is 0 Å². The molecule has 5 heteroatoms. The lowest BCUT2D eigenvalue weighted by Crippen LogP contribution is -2.27. The fourth-order valence-corrected chi connectivity index (χ4v) is 3.44. The molecule has 0 saturated carbocycles. The number of para-hydroxylation sites is 2. The van der Waals surface area contributed by atoms with Crippen LogP contribution < -0.4 is 5.32 Å². The van der Waals surface area contributed by atoms with Crippen LogP contribution in [-0.2, 0) is 4.79 Å². The van der Waals surface area contributed by atoms with Crippen LogP contribution in [0.1, 0.15) is 25.3 Å². The van der Waals surface area contributed by atoms with E-state index in [0.29, 0.717) is 11.9 Å². The normalized spacial score (nSPS) is 23.7.